The van der Waals surface area contributed by atoms with Crippen LogP contribution >= 0.6 is 0 Å². The summed E-state index contributed by atoms with van der Waals surface area (Å²) in [6, 6.07) is 0.502. The van der Waals surface area contributed by atoms with Crippen molar-refractivity contribution in [2.45, 2.75) is 45.1 Å². The Hall–Kier alpha value is -0.730. The molecule has 0 bridgehead atoms. The fourth-order valence-corrected chi connectivity index (χ4v) is 2.21. The second-order valence-electron chi connectivity index (χ2n) is 4.80. The molecule has 2 N–H and O–H groups in total. The Balaban J connectivity index is 1.62. The van der Waals surface area contributed by atoms with Crippen LogP contribution in [0, 0.1) is 11.8 Å². The van der Waals surface area contributed by atoms with Crippen LogP contribution in [0.15, 0.2) is 0 Å². The third kappa shape index (κ3) is 2.63. The van der Waals surface area contributed by atoms with E-state index >= 15 is 0 Å². The summed E-state index contributed by atoms with van der Waals surface area (Å²) in [6.07, 6.45) is 6.26. The van der Waals surface area contributed by atoms with Crippen LogP contribution in [-0.4, -0.2) is 18.6 Å². The van der Waals surface area contributed by atoms with Crippen LogP contribution in [0.1, 0.15) is 39.0 Å². The maximum atomic E-state index is 11.3. The van der Waals surface area contributed by atoms with Gasteiger partial charge in [-0.1, -0.05) is 19.8 Å². The molecular formula is C11H20N2O. The summed E-state index contributed by atoms with van der Waals surface area (Å²) in [6.45, 7) is 3.15. The third-order valence-corrected chi connectivity index (χ3v) is 3.48. The van der Waals surface area contributed by atoms with Crippen LogP contribution < -0.4 is 10.6 Å². The van der Waals surface area contributed by atoms with Crippen molar-refractivity contribution in [3.8, 4) is 0 Å². The zero-order valence-electron chi connectivity index (χ0n) is 8.88. The van der Waals surface area contributed by atoms with Crippen LogP contribution in [0.3, 0.4) is 0 Å². The number of hydrogen-bond acceptors (Lipinski definition) is 1. The van der Waals surface area contributed by atoms with Gasteiger partial charge in [-0.2, -0.15) is 0 Å². The van der Waals surface area contributed by atoms with Crippen LogP contribution in [-0.2, 0) is 0 Å². The minimum absolute atomic E-state index is 0.0339. The van der Waals surface area contributed by atoms with Crippen molar-refractivity contribution in [2.75, 3.05) is 6.54 Å². The van der Waals surface area contributed by atoms with Crippen LogP contribution in [0.4, 0.5) is 4.79 Å². The first kappa shape index (κ1) is 9.81. The number of nitrogens with one attached hydrogen (secondary N) is 2. The normalized spacial score (nSPS) is 31.5. The quantitative estimate of drug-likeness (QED) is 0.711. The number of carbonyl (C=O) groups excluding carboxylic acids is 1. The number of amides is 2. The molecule has 2 saturated carbocycles. The lowest BCUT2D eigenvalue weighted by Crippen LogP contribution is -2.39. The number of carbonyl (C=O) groups is 1. The average Bonchev–Trinajstić information content (AvgIpc) is 2.86. The predicted molar refractivity (Wildman–Crippen MR) is 56.1 cm³/mol. The van der Waals surface area contributed by atoms with Gasteiger partial charge in [-0.05, 0) is 31.1 Å². The highest BCUT2D eigenvalue weighted by Crippen LogP contribution is 2.30. The van der Waals surface area contributed by atoms with Crippen molar-refractivity contribution in [3.05, 3.63) is 0 Å². The van der Waals surface area contributed by atoms with Gasteiger partial charge in [0.05, 0.1) is 0 Å². The molecule has 3 heteroatoms. The maximum absolute atomic E-state index is 11.3. The van der Waals surface area contributed by atoms with Crippen molar-refractivity contribution < 1.29 is 4.79 Å². The molecule has 0 aromatic heterocycles. The molecule has 0 spiro atoms. The topological polar surface area (TPSA) is 41.1 Å². The van der Waals surface area contributed by atoms with Crippen molar-refractivity contribution in [3.63, 3.8) is 0 Å². The smallest absolute Gasteiger partial charge is 0.315 e. The molecule has 0 aliphatic heterocycles. The predicted octanol–water partition coefficient (Wildman–Crippen LogP) is 1.88. The van der Waals surface area contributed by atoms with Gasteiger partial charge < -0.3 is 10.6 Å². The van der Waals surface area contributed by atoms with E-state index < -0.39 is 0 Å². The SMILES string of the molecule is CC1CCCC1CNC(=O)NC1CC1. The molecule has 0 saturated heterocycles. The summed E-state index contributed by atoms with van der Waals surface area (Å²) < 4.78 is 0. The first-order chi connectivity index (χ1) is 6.75. The van der Waals surface area contributed by atoms with E-state index in [4.69, 9.17) is 0 Å². The lowest BCUT2D eigenvalue weighted by atomic mass is 9.98. The fourth-order valence-electron chi connectivity index (χ4n) is 2.21. The zero-order chi connectivity index (χ0) is 9.97. The molecule has 2 atom stereocenters. The van der Waals surface area contributed by atoms with Gasteiger partial charge in [0, 0.05) is 12.6 Å². The summed E-state index contributed by atoms with van der Waals surface area (Å²) in [5.41, 5.74) is 0. The third-order valence-electron chi connectivity index (χ3n) is 3.48. The van der Waals surface area contributed by atoms with Crippen LogP contribution in [0.5, 0.6) is 0 Å². The Morgan fingerprint density at radius 1 is 1.29 bits per heavy atom. The van der Waals surface area contributed by atoms with E-state index in [9.17, 15) is 4.79 Å². The molecular weight excluding hydrogens is 176 g/mol. The second-order valence-corrected chi connectivity index (χ2v) is 4.80. The lowest BCUT2D eigenvalue weighted by Gasteiger charge is -2.16. The van der Waals surface area contributed by atoms with Gasteiger partial charge in [-0.25, -0.2) is 4.79 Å². The first-order valence-corrected chi connectivity index (χ1v) is 5.80. The number of rotatable bonds is 3. The maximum Gasteiger partial charge on any atom is 0.315 e. The Morgan fingerprint density at radius 3 is 2.64 bits per heavy atom. The summed E-state index contributed by atoms with van der Waals surface area (Å²) in [5, 5.41) is 5.92. The molecule has 80 valence electrons. The highest BCUT2D eigenvalue weighted by molar-refractivity contribution is 5.74. The van der Waals surface area contributed by atoms with Gasteiger partial charge in [0.2, 0.25) is 0 Å². The number of hydrogen-bond donors (Lipinski definition) is 2. The molecule has 2 aliphatic rings. The summed E-state index contributed by atoms with van der Waals surface area (Å²) >= 11 is 0. The van der Waals surface area contributed by atoms with E-state index in [-0.39, 0.29) is 6.03 Å². The van der Waals surface area contributed by atoms with Crippen molar-refractivity contribution >= 4 is 6.03 Å². The van der Waals surface area contributed by atoms with Gasteiger partial charge in [-0.3, -0.25) is 0 Å². The molecule has 2 fully saturated rings. The van der Waals surface area contributed by atoms with E-state index in [1.54, 1.807) is 0 Å². The molecule has 0 heterocycles. The van der Waals surface area contributed by atoms with Gasteiger partial charge in [0.1, 0.15) is 0 Å². The molecule has 2 aliphatic carbocycles. The molecule has 2 rings (SSSR count). The van der Waals surface area contributed by atoms with E-state index in [2.05, 4.69) is 17.6 Å². The summed E-state index contributed by atoms with van der Waals surface area (Å²) in [4.78, 5) is 11.3. The molecule has 0 aromatic carbocycles. The van der Waals surface area contributed by atoms with E-state index in [0.29, 0.717) is 12.0 Å². The summed E-state index contributed by atoms with van der Waals surface area (Å²) in [7, 11) is 0. The van der Waals surface area contributed by atoms with Crippen LogP contribution in [0.2, 0.25) is 0 Å². The zero-order valence-corrected chi connectivity index (χ0v) is 8.88. The molecule has 0 radical (unpaired) electrons. The number of urea groups is 1. The molecule has 0 aromatic rings. The monoisotopic (exact) mass is 196 g/mol. The summed E-state index contributed by atoms with van der Waals surface area (Å²) in [5.74, 6) is 1.50. The van der Waals surface area contributed by atoms with Crippen molar-refractivity contribution in [2.24, 2.45) is 11.8 Å². The Morgan fingerprint density at radius 2 is 2.07 bits per heavy atom. The minimum Gasteiger partial charge on any atom is -0.338 e. The van der Waals surface area contributed by atoms with Crippen molar-refractivity contribution in [1.29, 1.82) is 0 Å². The second kappa shape index (κ2) is 4.20. The minimum atomic E-state index is 0.0339. The lowest BCUT2D eigenvalue weighted by molar-refractivity contribution is 0.237. The fraction of sp³-hybridized carbons (Fsp3) is 0.909. The van der Waals surface area contributed by atoms with Crippen molar-refractivity contribution in [1.82, 2.24) is 10.6 Å². The average molecular weight is 196 g/mol. The molecule has 2 amide bonds. The van der Waals surface area contributed by atoms with E-state index in [0.717, 1.165) is 25.3 Å². The van der Waals surface area contributed by atoms with Crippen LogP contribution in [0.25, 0.3) is 0 Å². The van der Waals surface area contributed by atoms with E-state index in [1.807, 2.05) is 0 Å². The van der Waals surface area contributed by atoms with Gasteiger partial charge in [-0.15, -0.1) is 0 Å². The standard InChI is InChI=1S/C11H20N2O/c1-8-3-2-4-9(8)7-12-11(14)13-10-5-6-10/h8-10H,2-7H2,1H3,(H2,12,13,14). The van der Waals surface area contributed by atoms with E-state index in [1.165, 1.54) is 19.3 Å². The highest BCUT2D eigenvalue weighted by Gasteiger charge is 2.25. The highest BCUT2D eigenvalue weighted by atomic mass is 16.2. The molecule has 14 heavy (non-hydrogen) atoms. The Labute approximate surface area is 85.6 Å². The Kier molecular flexibility index (Phi) is 2.94. The molecule has 2 unspecified atom stereocenters. The van der Waals surface area contributed by atoms with Gasteiger partial charge in [0.15, 0.2) is 0 Å². The first-order valence-electron chi connectivity index (χ1n) is 5.80. The van der Waals surface area contributed by atoms with Gasteiger partial charge >= 0.3 is 6.03 Å². The largest absolute Gasteiger partial charge is 0.338 e. The van der Waals surface area contributed by atoms with Gasteiger partial charge in [0.25, 0.3) is 0 Å². The Bertz CT molecular complexity index is 213. The molecule has 3 nitrogen and oxygen atoms in total.